The van der Waals surface area contributed by atoms with Crippen LogP contribution in [0.2, 0.25) is 0 Å². The Kier molecular flexibility index (Phi) is 5.48. The number of carbonyl (C=O) groups excluding carboxylic acids is 1. The van der Waals surface area contributed by atoms with E-state index in [4.69, 9.17) is 0 Å². The fourth-order valence-electron chi connectivity index (χ4n) is 3.43. The molecule has 0 bridgehead atoms. The lowest BCUT2D eigenvalue weighted by Crippen LogP contribution is -2.17. The zero-order valence-electron chi connectivity index (χ0n) is 17.4. The van der Waals surface area contributed by atoms with Gasteiger partial charge in [-0.05, 0) is 68.1 Å². The molecule has 6 nitrogen and oxygen atoms in total. The fraction of sp³-hybridized carbons (Fsp3) is 0.208. The Hall–Kier alpha value is -3.67. The number of aromatic amines is 1. The van der Waals surface area contributed by atoms with Crippen LogP contribution < -0.4 is 10.6 Å². The maximum Gasteiger partial charge on any atom is 0.274 e. The van der Waals surface area contributed by atoms with E-state index in [1.54, 1.807) is 6.07 Å². The van der Waals surface area contributed by atoms with E-state index >= 15 is 0 Å². The van der Waals surface area contributed by atoms with Gasteiger partial charge in [0.05, 0.1) is 0 Å². The second kappa shape index (κ2) is 8.37. The Morgan fingerprint density at radius 1 is 1.00 bits per heavy atom. The number of nitrogens with one attached hydrogen (secondary N) is 3. The summed E-state index contributed by atoms with van der Waals surface area (Å²) in [6.07, 6.45) is 2.86. The SMILES string of the molecule is Cc1cc(C(=O)Nc2ccc(C)c(C)c2)nc(NCCc2c[nH]c3ccccc23)n1. The molecule has 0 saturated carbocycles. The summed E-state index contributed by atoms with van der Waals surface area (Å²) in [5.74, 6) is 0.212. The van der Waals surface area contributed by atoms with Crippen molar-refractivity contribution in [2.75, 3.05) is 17.2 Å². The van der Waals surface area contributed by atoms with Crippen LogP contribution >= 0.6 is 0 Å². The van der Waals surface area contributed by atoms with Crippen molar-refractivity contribution in [2.45, 2.75) is 27.2 Å². The van der Waals surface area contributed by atoms with Crippen LogP contribution in [0.4, 0.5) is 11.6 Å². The van der Waals surface area contributed by atoms with Crippen molar-refractivity contribution in [3.05, 3.63) is 82.8 Å². The Bertz CT molecular complexity index is 1210. The highest BCUT2D eigenvalue weighted by Crippen LogP contribution is 2.18. The topological polar surface area (TPSA) is 82.7 Å². The van der Waals surface area contributed by atoms with Gasteiger partial charge in [0.25, 0.3) is 5.91 Å². The summed E-state index contributed by atoms with van der Waals surface area (Å²) in [5.41, 5.74) is 6.52. The number of fused-ring (bicyclic) bond motifs is 1. The molecule has 1 amide bonds. The zero-order valence-corrected chi connectivity index (χ0v) is 17.4. The predicted molar refractivity (Wildman–Crippen MR) is 121 cm³/mol. The number of anilines is 2. The number of carbonyl (C=O) groups is 1. The molecule has 30 heavy (non-hydrogen) atoms. The van der Waals surface area contributed by atoms with Gasteiger partial charge in [0.2, 0.25) is 5.95 Å². The van der Waals surface area contributed by atoms with E-state index in [0.717, 1.165) is 28.9 Å². The van der Waals surface area contributed by atoms with E-state index in [1.165, 1.54) is 16.5 Å². The molecule has 152 valence electrons. The van der Waals surface area contributed by atoms with Crippen molar-refractivity contribution < 1.29 is 4.79 Å². The van der Waals surface area contributed by atoms with Crippen molar-refractivity contribution in [3.8, 4) is 0 Å². The molecular formula is C24H25N5O. The lowest BCUT2D eigenvalue weighted by molar-refractivity contribution is 0.102. The van der Waals surface area contributed by atoms with Crippen molar-refractivity contribution >= 4 is 28.4 Å². The third-order valence-electron chi connectivity index (χ3n) is 5.20. The lowest BCUT2D eigenvalue weighted by Gasteiger charge is -2.10. The minimum absolute atomic E-state index is 0.247. The van der Waals surface area contributed by atoms with E-state index in [9.17, 15) is 4.79 Å². The van der Waals surface area contributed by atoms with Gasteiger partial charge in [0.15, 0.2) is 0 Å². The summed E-state index contributed by atoms with van der Waals surface area (Å²) in [4.78, 5) is 24.8. The molecule has 0 aliphatic rings. The lowest BCUT2D eigenvalue weighted by atomic mass is 10.1. The quantitative estimate of drug-likeness (QED) is 0.435. The van der Waals surface area contributed by atoms with Crippen molar-refractivity contribution in [1.29, 1.82) is 0 Å². The average Bonchev–Trinajstić information content (AvgIpc) is 3.13. The Morgan fingerprint density at radius 2 is 1.83 bits per heavy atom. The molecule has 2 heterocycles. The van der Waals surface area contributed by atoms with Crippen LogP contribution in [0, 0.1) is 20.8 Å². The number of rotatable bonds is 6. The van der Waals surface area contributed by atoms with Gasteiger partial charge in [-0.15, -0.1) is 0 Å². The standard InChI is InChI=1S/C24H25N5O/c1-15-8-9-19(12-16(15)2)28-23(30)22-13-17(3)27-24(29-22)25-11-10-18-14-26-21-7-5-4-6-20(18)21/h4-9,12-14,26H,10-11H2,1-3H3,(H,28,30)(H,25,27,29). The van der Waals surface area contributed by atoms with Crippen molar-refractivity contribution in [3.63, 3.8) is 0 Å². The number of aryl methyl sites for hydroxylation is 3. The molecule has 4 rings (SSSR count). The molecule has 0 spiro atoms. The van der Waals surface area contributed by atoms with Crippen LogP contribution in [0.3, 0.4) is 0 Å². The van der Waals surface area contributed by atoms with Gasteiger partial charge in [-0.25, -0.2) is 9.97 Å². The number of H-pyrrole nitrogens is 1. The normalized spacial score (nSPS) is 10.9. The Labute approximate surface area is 175 Å². The Morgan fingerprint density at radius 3 is 2.67 bits per heavy atom. The van der Waals surface area contributed by atoms with Crippen LogP contribution in [-0.4, -0.2) is 27.4 Å². The highest BCUT2D eigenvalue weighted by Gasteiger charge is 2.12. The van der Waals surface area contributed by atoms with Crippen LogP contribution in [0.25, 0.3) is 10.9 Å². The first kappa shape index (κ1) is 19.6. The first-order valence-corrected chi connectivity index (χ1v) is 10.0. The molecule has 0 radical (unpaired) electrons. The predicted octanol–water partition coefficient (Wildman–Crippen LogP) is 4.79. The average molecular weight is 399 g/mol. The maximum atomic E-state index is 12.7. The first-order chi connectivity index (χ1) is 14.5. The number of hydrogen-bond acceptors (Lipinski definition) is 4. The maximum absolute atomic E-state index is 12.7. The van der Waals surface area contributed by atoms with Crippen molar-refractivity contribution in [1.82, 2.24) is 15.0 Å². The molecule has 2 aromatic heterocycles. The molecule has 4 aromatic rings. The van der Waals surface area contributed by atoms with Crippen LogP contribution in [0.15, 0.2) is 54.7 Å². The molecule has 2 aromatic carbocycles. The number of nitrogens with zero attached hydrogens (tertiary/aromatic N) is 2. The summed E-state index contributed by atoms with van der Waals surface area (Å²) < 4.78 is 0. The third kappa shape index (κ3) is 4.33. The first-order valence-electron chi connectivity index (χ1n) is 10.0. The summed E-state index contributed by atoms with van der Waals surface area (Å²) in [7, 11) is 0. The van der Waals surface area contributed by atoms with E-state index in [0.29, 0.717) is 18.2 Å². The molecule has 0 saturated heterocycles. The second-order valence-electron chi connectivity index (χ2n) is 7.51. The van der Waals surface area contributed by atoms with Gasteiger partial charge in [0, 0.05) is 35.0 Å². The zero-order chi connectivity index (χ0) is 21.1. The number of amides is 1. The summed E-state index contributed by atoms with van der Waals surface area (Å²) in [6, 6.07) is 15.8. The molecular weight excluding hydrogens is 374 g/mol. The molecule has 0 unspecified atom stereocenters. The van der Waals surface area contributed by atoms with Gasteiger partial charge in [-0.3, -0.25) is 4.79 Å². The third-order valence-corrected chi connectivity index (χ3v) is 5.20. The highest BCUT2D eigenvalue weighted by molar-refractivity contribution is 6.03. The van der Waals surface area contributed by atoms with Crippen molar-refractivity contribution in [2.24, 2.45) is 0 Å². The summed E-state index contributed by atoms with van der Waals surface area (Å²) in [6.45, 7) is 6.60. The second-order valence-corrected chi connectivity index (χ2v) is 7.51. The molecule has 0 aliphatic carbocycles. The fourth-order valence-corrected chi connectivity index (χ4v) is 3.43. The summed E-state index contributed by atoms with van der Waals surface area (Å²) >= 11 is 0. The number of hydrogen-bond donors (Lipinski definition) is 3. The van der Waals surface area contributed by atoms with Gasteiger partial charge in [-0.1, -0.05) is 24.3 Å². The Balaban J connectivity index is 1.43. The van der Waals surface area contributed by atoms with Crippen LogP contribution in [-0.2, 0) is 6.42 Å². The molecule has 6 heteroatoms. The minimum Gasteiger partial charge on any atom is -0.361 e. The van der Waals surface area contributed by atoms with Crippen LogP contribution in [0.1, 0.15) is 32.9 Å². The number of para-hydroxylation sites is 1. The van der Waals surface area contributed by atoms with E-state index in [2.05, 4.69) is 37.7 Å². The van der Waals surface area contributed by atoms with Gasteiger partial charge in [0.1, 0.15) is 5.69 Å². The number of aromatic nitrogens is 3. The van der Waals surface area contributed by atoms with E-state index < -0.39 is 0 Å². The minimum atomic E-state index is -0.247. The smallest absolute Gasteiger partial charge is 0.274 e. The van der Waals surface area contributed by atoms with E-state index in [1.807, 2.05) is 57.3 Å². The molecule has 0 aliphatic heterocycles. The van der Waals surface area contributed by atoms with E-state index in [-0.39, 0.29) is 5.91 Å². The van der Waals surface area contributed by atoms with Crippen LogP contribution in [0.5, 0.6) is 0 Å². The monoisotopic (exact) mass is 399 g/mol. The largest absolute Gasteiger partial charge is 0.361 e. The molecule has 0 atom stereocenters. The van der Waals surface area contributed by atoms with Gasteiger partial charge >= 0.3 is 0 Å². The number of benzene rings is 2. The van der Waals surface area contributed by atoms with Gasteiger partial charge in [-0.2, -0.15) is 0 Å². The van der Waals surface area contributed by atoms with Gasteiger partial charge < -0.3 is 15.6 Å². The molecule has 3 N–H and O–H groups in total. The molecule has 0 fully saturated rings. The highest BCUT2D eigenvalue weighted by atomic mass is 16.1. The summed E-state index contributed by atoms with van der Waals surface area (Å²) in [5, 5.41) is 7.39.